The summed E-state index contributed by atoms with van der Waals surface area (Å²) in [5, 5.41) is 4.21. The monoisotopic (exact) mass is 244 g/mol. The number of halogens is 1. The molecule has 0 aliphatic heterocycles. The Morgan fingerprint density at radius 3 is 2.78 bits per heavy atom. The molecular weight excluding hydrogens is 227 g/mol. The highest BCUT2D eigenvalue weighted by atomic mass is 19.1. The third kappa shape index (κ3) is 1.94. The predicted octanol–water partition coefficient (Wildman–Crippen LogP) is 3.99. The second-order valence-corrected chi connectivity index (χ2v) is 5.02. The van der Waals surface area contributed by atoms with Crippen LogP contribution in [0.3, 0.4) is 0 Å². The van der Waals surface area contributed by atoms with Crippen molar-refractivity contribution in [3.05, 3.63) is 35.3 Å². The average Bonchev–Trinajstić information content (AvgIpc) is 3.14. The number of benzene rings is 1. The summed E-state index contributed by atoms with van der Waals surface area (Å²) >= 11 is 0. The van der Waals surface area contributed by atoms with E-state index in [2.05, 4.69) is 18.3 Å². The number of aromatic nitrogens is 1. The van der Waals surface area contributed by atoms with Crippen molar-refractivity contribution in [1.29, 1.82) is 0 Å². The number of aryl methyl sites for hydroxylation is 1. The molecule has 0 unspecified atom stereocenters. The number of hydrogen-bond acceptors (Lipinski definition) is 2. The molecule has 0 spiro atoms. The van der Waals surface area contributed by atoms with E-state index in [4.69, 9.17) is 4.98 Å². The van der Waals surface area contributed by atoms with Crippen molar-refractivity contribution < 1.29 is 4.39 Å². The Morgan fingerprint density at radius 1 is 1.33 bits per heavy atom. The van der Waals surface area contributed by atoms with Gasteiger partial charge in [-0.25, -0.2) is 4.39 Å². The predicted molar refractivity (Wildman–Crippen MR) is 72.6 cm³/mol. The number of anilines is 1. The zero-order chi connectivity index (χ0) is 12.7. The minimum atomic E-state index is -0.194. The van der Waals surface area contributed by atoms with Crippen LogP contribution in [0.5, 0.6) is 0 Å². The average molecular weight is 244 g/mol. The molecule has 3 rings (SSSR count). The van der Waals surface area contributed by atoms with Crippen LogP contribution < -0.4 is 5.32 Å². The van der Waals surface area contributed by atoms with Crippen LogP contribution in [-0.2, 0) is 0 Å². The maximum Gasteiger partial charge on any atom is 0.124 e. The van der Waals surface area contributed by atoms with E-state index in [0.29, 0.717) is 5.92 Å². The van der Waals surface area contributed by atoms with Crippen molar-refractivity contribution in [2.24, 2.45) is 0 Å². The SMILES string of the molecule is CCNc1cc(C2CC2)nc2c(C)cc(F)cc12. The molecule has 0 atom stereocenters. The van der Waals surface area contributed by atoms with E-state index >= 15 is 0 Å². The highest BCUT2D eigenvalue weighted by Crippen LogP contribution is 2.41. The lowest BCUT2D eigenvalue weighted by molar-refractivity contribution is 0.628. The normalized spacial score (nSPS) is 15.1. The van der Waals surface area contributed by atoms with Crippen molar-refractivity contribution in [2.75, 3.05) is 11.9 Å². The molecule has 94 valence electrons. The topological polar surface area (TPSA) is 24.9 Å². The van der Waals surface area contributed by atoms with Crippen LogP contribution in [0.2, 0.25) is 0 Å². The van der Waals surface area contributed by atoms with Gasteiger partial charge in [0.15, 0.2) is 0 Å². The Morgan fingerprint density at radius 2 is 2.11 bits per heavy atom. The van der Waals surface area contributed by atoms with Crippen molar-refractivity contribution in [3.8, 4) is 0 Å². The number of fused-ring (bicyclic) bond motifs is 1. The van der Waals surface area contributed by atoms with Crippen molar-refractivity contribution in [1.82, 2.24) is 4.98 Å². The highest BCUT2D eigenvalue weighted by molar-refractivity contribution is 5.93. The third-order valence-electron chi connectivity index (χ3n) is 3.45. The number of pyridine rings is 1. The van der Waals surface area contributed by atoms with Crippen molar-refractivity contribution >= 4 is 16.6 Å². The largest absolute Gasteiger partial charge is 0.385 e. The van der Waals surface area contributed by atoms with E-state index in [0.717, 1.165) is 34.4 Å². The Bertz CT molecular complexity index is 603. The molecule has 1 heterocycles. The van der Waals surface area contributed by atoms with Crippen molar-refractivity contribution in [3.63, 3.8) is 0 Å². The summed E-state index contributed by atoms with van der Waals surface area (Å²) in [7, 11) is 0. The molecule has 2 aromatic rings. The van der Waals surface area contributed by atoms with Gasteiger partial charge in [0.1, 0.15) is 5.82 Å². The van der Waals surface area contributed by atoms with Gasteiger partial charge < -0.3 is 5.32 Å². The van der Waals surface area contributed by atoms with E-state index in [1.54, 1.807) is 12.1 Å². The summed E-state index contributed by atoms with van der Waals surface area (Å²) in [5.74, 6) is 0.413. The Balaban J connectivity index is 2.26. The van der Waals surface area contributed by atoms with Crippen LogP contribution in [0.15, 0.2) is 18.2 Å². The lowest BCUT2D eigenvalue weighted by Crippen LogP contribution is -2.01. The molecule has 1 saturated carbocycles. The van der Waals surface area contributed by atoms with Gasteiger partial charge in [-0.05, 0) is 50.5 Å². The van der Waals surface area contributed by atoms with Crippen LogP contribution >= 0.6 is 0 Å². The van der Waals surface area contributed by atoms with Gasteiger partial charge >= 0.3 is 0 Å². The number of nitrogens with zero attached hydrogens (tertiary/aromatic N) is 1. The lowest BCUT2D eigenvalue weighted by atomic mass is 10.1. The molecule has 0 radical (unpaired) electrons. The molecule has 1 aliphatic carbocycles. The van der Waals surface area contributed by atoms with Gasteiger partial charge in [0.25, 0.3) is 0 Å². The second kappa shape index (κ2) is 4.23. The van der Waals surface area contributed by atoms with Crippen molar-refractivity contribution in [2.45, 2.75) is 32.6 Å². The van der Waals surface area contributed by atoms with Gasteiger partial charge in [0, 0.05) is 29.2 Å². The molecule has 1 aliphatic rings. The minimum Gasteiger partial charge on any atom is -0.385 e. The number of nitrogens with one attached hydrogen (secondary N) is 1. The van der Waals surface area contributed by atoms with Gasteiger partial charge in [-0.1, -0.05) is 0 Å². The zero-order valence-electron chi connectivity index (χ0n) is 10.8. The van der Waals surface area contributed by atoms with Crippen LogP contribution in [0.25, 0.3) is 10.9 Å². The Kier molecular flexibility index (Phi) is 2.69. The second-order valence-electron chi connectivity index (χ2n) is 5.02. The van der Waals surface area contributed by atoms with Gasteiger partial charge in [0.05, 0.1) is 5.52 Å². The lowest BCUT2D eigenvalue weighted by Gasteiger charge is -2.12. The molecule has 1 aromatic heterocycles. The van der Waals surface area contributed by atoms with E-state index in [1.807, 2.05) is 6.92 Å². The Labute approximate surface area is 106 Å². The van der Waals surface area contributed by atoms with E-state index < -0.39 is 0 Å². The molecule has 1 aromatic carbocycles. The first-order chi connectivity index (χ1) is 8.69. The highest BCUT2D eigenvalue weighted by Gasteiger charge is 2.26. The molecule has 18 heavy (non-hydrogen) atoms. The summed E-state index contributed by atoms with van der Waals surface area (Å²) in [4.78, 5) is 4.71. The fraction of sp³-hybridized carbons (Fsp3) is 0.400. The first-order valence-corrected chi connectivity index (χ1v) is 6.53. The number of hydrogen-bond donors (Lipinski definition) is 1. The molecule has 1 fully saturated rings. The Hall–Kier alpha value is -1.64. The fourth-order valence-electron chi connectivity index (χ4n) is 2.40. The third-order valence-corrected chi connectivity index (χ3v) is 3.45. The maximum atomic E-state index is 13.5. The minimum absolute atomic E-state index is 0.194. The van der Waals surface area contributed by atoms with Gasteiger partial charge in [-0.3, -0.25) is 4.98 Å². The summed E-state index contributed by atoms with van der Waals surface area (Å²) in [6, 6.07) is 5.22. The standard InChI is InChI=1S/C15H17FN2/c1-3-17-14-8-13(10-4-5-10)18-15-9(2)6-11(16)7-12(14)15/h6-8,10H,3-5H2,1-2H3,(H,17,18). The van der Waals surface area contributed by atoms with E-state index in [1.165, 1.54) is 12.8 Å². The first kappa shape index (κ1) is 11.5. The molecular formula is C15H17FN2. The molecule has 0 amide bonds. The summed E-state index contributed by atoms with van der Waals surface area (Å²) in [6.07, 6.45) is 2.45. The first-order valence-electron chi connectivity index (χ1n) is 6.53. The molecule has 1 N–H and O–H groups in total. The van der Waals surface area contributed by atoms with Crippen LogP contribution in [0.4, 0.5) is 10.1 Å². The van der Waals surface area contributed by atoms with Crippen LogP contribution in [-0.4, -0.2) is 11.5 Å². The summed E-state index contributed by atoms with van der Waals surface area (Å²) < 4.78 is 13.5. The fourth-order valence-corrected chi connectivity index (χ4v) is 2.40. The van der Waals surface area contributed by atoms with E-state index in [9.17, 15) is 4.39 Å². The molecule has 0 saturated heterocycles. The van der Waals surface area contributed by atoms with Crippen LogP contribution in [0.1, 0.15) is 36.9 Å². The zero-order valence-corrected chi connectivity index (χ0v) is 10.8. The molecule has 2 nitrogen and oxygen atoms in total. The number of rotatable bonds is 3. The quantitative estimate of drug-likeness (QED) is 0.883. The summed E-state index contributed by atoms with van der Waals surface area (Å²) in [5.41, 5.74) is 3.99. The smallest absolute Gasteiger partial charge is 0.124 e. The maximum absolute atomic E-state index is 13.5. The van der Waals surface area contributed by atoms with E-state index in [-0.39, 0.29) is 5.82 Å². The van der Waals surface area contributed by atoms with Gasteiger partial charge in [-0.15, -0.1) is 0 Å². The van der Waals surface area contributed by atoms with Gasteiger partial charge in [-0.2, -0.15) is 0 Å². The van der Waals surface area contributed by atoms with Crippen LogP contribution in [0, 0.1) is 12.7 Å². The molecule has 0 bridgehead atoms. The molecule has 3 heteroatoms. The summed E-state index contributed by atoms with van der Waals surface area (Å²) in [6.45, 7) is 4.80. The van der Waals surface area contributed by atoms with Gasteiger partial charge in [0.2, 0.25) is 0 Å².